The Bertz CT molecular complexity index is 654. The van der Waals surface area contributed by atoms with Crippen LogP contribution in [0, 0.1) is 0 Å². The summed E-state index contributed by atoms with van der Waals surface area (Å²) in [6.45, 7) is 1.51. The van der Waals surface area contributed by atoms with E-state index < -0.39 is 0 Å². The van der Waals surface area contributed by atoms with Crippen LogP contribution in [0.15, 0.2) is 47.8 Å². The van der Waals surface area contributed by atoms with Gasteiger partial charge >= 0.3 is 0 Å². The Kier molecular flexibility index (Phi) is 5.20. The van der Waals surface area contributed by atoms with E-state index in [0.717, 1.165) is 4.88 Å². The van der Waals surface area contributed by atoms with Crippen LogP contribution in [-0.4, -0.2) is 42.4 Å². The van der Waals surface area contributed by atoms with Crippen molar-refractivity contribution in [3.8, 4) is 0 Å². The molecule has 23 heavy (non-hydrogen) atoms. The standard InChI is InChI=1S/C18H19NO3S/c20-17(14-5-2-1-3-6-14)11-15-13-22-9-8-19(15)18(21)12-16-7-4-10-23-16/h1-7,10,15H,8-9,11-13H2. The van der Waals surface area contributed by atoms with E-state index in [-0.39, 0.29) is 17.7 Å². The molecule has 0 N–H and O–H groups in total. The SMILES string of the molecule is O=C(CC1COCCN1C(=O)Cc1cccs1)c1ccccc1. The van der Waals surface area contributed by atoms with Crippen LogP contribution < -0.4 is 0 Å². The van der Waals surface area contributed by atoms with Crippen molar-refractivity contribution in [2.45, 2.75) is 18.9 Å². The minimum absolute atomic E-state index is 0.0509. The first-order valence-corrected chi connectivity index (χ1v) is 8.60. The largest absolute Gasteiger partial charge is 0.377 e. The third kappa shape index (κ3) is 4.06. The number of ketones is 1. The van der Waals surface area contributed by atoms with Crippen LogP contribution >= 0.6 is 11.3 Å². The highest BCUT2D eigenvalue weighted by molar-refractivity contribution is 7.10. The Labute approximate surface area is 139 Å². The van der Waals surface area contributed by atoms with Crippen LogP contribution in [-0.2, 0) is 16.0 Å². The van der Waals surface area contributed by atoms with Gasteiger partial charge in [-0.05, 0) is 11.4 Å². The second-order valence-corrected chi connectivity index (χ2v) is 6.60. The van der Waals surface area contributed by atoms with Gasteiger partial charge in [0.05, 0.1) is 25.7 Å². The van der Waals surface area contributed by atoms with Crippen LogP contribution in [0.3, 0.4) is 0 Å². The predicted molar refractivity (Wildman–Crippen MR) is 89.7 cm³/mol. The van der Waals surface area contributed by atoms with E-state index in [9.17, 15) is 9.59 Å². The average Bonchev–Trinajstić information content (AvgIpc) is 3.09. The topological polar surface area (TPSA) is 46.6 Å². The predicted octanol–water partition coefficient (Wildman–Crippen LogP) is 2.79. The Morgan fingerprint density at radius 1 is 1.17 bits per heavy atom. The molecule has 120 valence electrons. The molecule has 0 bridgehead atoms. The second-order valence-electron chi connectivity index (χ2n) is 5.57. The molecule has 1 amide bonds. The number of benzene rings is 1. The maximum Gasteiger partial charge on any atom is 0.228 e. The van der Waals surface area contributed by atoms with Crippen LogP contribution in [0.1, 0.15) is 21.7 Å². The Morgan fingerprint density at radius 3 is 2.74 bits per heavy atom. The van der Waals surface area contributed by atoms with Gasteiger partial charge in [-0.25, -0.2) is 0 Å². The average molecular weight is 329 g/mol. The highest BCUT2D eigenvalue weighted by Crippen LogP contribution is 2.17. The van der Waals surface area contributed by atoms with Crippen molar-refractivity contribution in [1.29, 1.82) is 0 Å². The molecular weight excluding hydrogens is 310 g/mol. The van der Waals surface area contributed by atoms with Crippen molar-refractivity contribution in [3.63, 3.8) is 0 Å². The van der Waals surface area contributed by atoms with E-state index in [1.807, 2.05) is 52.7 Å². The summed E-state index contributed by atoms with van der Waals surface area (Å²) in [5.41, 5.74) is 0.684. The number of ether oxygens (including phenoxy) is 1. The highest BCUT2D eigenvalue weighted by atomic mass is 32.1. The molecule has 4 nitrogen and oxygen atoms in total. The third-order valence-electron chi connectivity index (χ3n) is 3.97. The molecule has 1 saturated heterocycles. The second kappa shape index (κ2) is 7.53. The molecule has 0 radical (unpaired) electrons. The van der Waals surface area contributed by atoms with Gasteiger partial charge in [0.2, 0.25) is 5.91 Å². The molecule has 0 saturated carbocycles. The number of hydrogen-bond donors (Lipinski definition) is 0. The van der Waals surface area contributed by atoms with Crippen molar-refractivity contribution < 1.29 is 14.3 Å². The van der Waals surface area contributed by atoms with Gasteiger partial charge in [0, 0.05) is 23.4 Å². The molecule has 1 fully saturated rings. The number of morpholine rings is 1. The first-order valence-electron chi connectivity index (χ1n) is 7.72. The molecule has 3 rings (SSSR count). The van der Waals surface area contributed by atoms with Gasteiger partial charge in [-0.1, -0.05) is 36.4 Å². The first kappa shape index (κ1) is 15.9. The molecule has 1 aromatic carbocycles. The molecule has 2 heterocycles. The normalized spacial score (nSPS) is 17.9. The number of carbonyl (C=O) groups excluding carboxylic acids is 2. The van der Waals surface area contributed by atoms with Gasteiger partial charge in [-0.3, -0.25) is 9.59 Å². The van der Waals surface area contributed by atoms with E-state index in [1.165, 1.54) is 0 Å². The zero-order valence-corrected chi connectivity index (χ0v) is 13.6. The monoisotopic (exact) mass is 329 g/mol. The molecule has 1 atom stereocenters. The molecule has 1 aliphatic rings. The molecule has 1 unspecified atom stereocenters. The lowest BCUT2D eigenvalue weighted by atomic mass is 10.0. The summed E-state index contributed by atoms with van der Waals surface area (Å²) in [5, 5.41) is 1.97. The summed E-state index contributed by atoms with van der Waals surface area (Å²) in [6.07, 6.45) is 0.702. The fourth-order valence-corrected chi connectivity index (χ4v) is 3.47. The number of amides is 1. The number of hydrogen-bond acceptors (Lipinski definition) is 4. The zero-order valence-electron chi connectivity index (χ0n) is 12.8. The molecule has 2 aromatic rings. The summed E-state index contributed by atoms with van der Waals surface area (Å²) >= 11 is 1.58. The number of nitrogens with zero attached hydrogens (tertiary/aromatic N) is 1. The summed E-state index contributed by atoms with van der Waals surface area (Å²) in [5.74, 6) is 0.122. The van der Waals surface area contributed by atoms with Crippen molar-refractivity contribution in [2.75, 3.05) is 19.8 Å². The van der Waals surface area contributed by atoms with Crippen LogP contribution in [0.25, 0.3) is 0 Å². The Hall–Kier alpha value is -1.98. The minimum atomic E-state index is -0.177. The van der Waals surface area contributed by atoms with Crippen LogP contribution in [0.2, 0.25) is 0 Å². The van der Waals surface area contributed by atoms with Gasteiger partial charge in [0.1, 0.15) is 0 Å². The fourth-order valence-electron chi connectivity index (χ4n) is 2.77. The van der Waals surface area contributed by atoms with Gasteiger partial charge < -0.3 is 9.64 Å². The first-order chi connectivity index (χ1) is 11.2. The fraction of sp³-hybridized carbons (Fsp3) is 0.333. The smallest absolute Gasteiger partial charge is 0.228 e. The van der Waals surface area contributed by atoms with Gasteiger partial charge in [0.25, 0.3) is 0 Å². The zero-order chi connectivity index (χ0) is 16.1. The van der Waals surface area contributed by atoms with Crippen molar-refractivity contribution in [2.24, 2.45) is 0 Å². The molecule has 5 heteroatoms. The molecular formula is C18H19NO3S. The van der Waals surface area contributed by atoms with E-state index in [2.05, 4.69) is 0 Å². The summed E-state index contributed by atoms with van der Waals surface area (Å²) in [6, 6.07) is 12.9. The minimum Gasteiger partial charge on any atom is -0.377 e. The quantitative estimate of drug-likeness (QED) is 0.793. The van der Waals surface area contributed by atoms with Gasteiger partial charge in [0.15, 0.2) is 5.78 Å². The van der Waals surface area contributed by atoms with Gasteiger partial charge in [-0.2, -0.15) is 0 Å². The molecule has 1 aromatic heterocycles. The number of rotatable bonds is 5. The molecule has 0 aliphatic carbocycles. The lowest BCUT2D eigenvalue weighted by Gasteiger charge is -2.35. The maximum atomic E-state index is 12.6. The summed E-state index contributed by atoms with van der Waals surface area (Å²) in [4.78, 5) is 27.8. The summed E-state index contributed by atoms with van der Waals surface area (Å²) < 4.78 is 5.49. The van der Waals surface area contributed by atoms with Crippen molar-refractivity contribution in [3.05, 3.63) is 58.3 Å². The van der Waals surface area contributed by atoms with Crippen molar-refractivity contribution >= 4 is 23.0 Å². The highest BCUT2D eigenvalue weighted by Gasteiger charge is 2.29. The van der Waals surface area contributed by atoms with Gasteiger partial charge in [-0.15, -0.1) is 11.3 Å². The van der Waals surface area contributed by atoms with E-state index in [4.69, 9.17) is 4.74 Å². The molecule has 1 aliphatic heterocycles. The maximum absolute atomic E-state index is 12.6. The Balaban J connectivity index is 1.66. The Morgan fingerprint density at radius 2 is 2.00 bits per heavy atom. The summed E-state index contributed by atoms with van der Waals surface area (Å²) in [7, 11) is 0. The number of thiophene rings is 1. The van der Waals surface area contributed by atoms with E-state index >= 15 is 0 Å². The van der Waals surface area contributed by atoms with Crippen LogP contribution in [0.5, 0.6) is 0 Å². The lowest BCUT2D eigenvalue weighted by molar-refractivity contribution is -0.138. The lowest BCUT2D eigenvalue weighted by Crippen LogP contribution is -2.50. The number of Topliss-reactive ketones (excluding diaryl/α,β-unsaturated/α-hetero) is 1. The third-order valence-corrected chi connectivity index (χ3v) is 4.85. The van der Waals surface area contributed by atoms with E-state index in [1.54, 1.807) is 11.3 Å². The van der Waals surface area contributed by atoms with E-state index in [0.29, 0.717) is 38.2 Å². The number of carbonyl (C=O) groups is 2. The molecule has 0 spiro atoms. The van der Waals surface area contributed by atoms with Crippen molar-refractivity contribution in [1.82, 2.24) is 4.90 Å². The van der Waals surface area contributed by atoms with Crippen LogP contribution in [0.4, 0.5) is 0 Å².